The Morgan fingerprint density at radius 2 is 2.16 bits per heavy atom. The zero-order chi connectivity index (χ0) is 14.6. The molecule has 0 aliphatic carbocycles. The van der Waals surface area contributed by atoms with Crippen molar-refractivity contribution >= 4 is 44.3 Å². The minimum atomic E-state index is -0.866. The summed E-state index contributed by atoms with van der Waals surface area (Å²) in [6, 6.07) is 0. The van der Waals surface area contributed by atoms with Gasteiger partial charge in [-0.25, -0.2) is 4.98 Å². The van der Waals surface area contributed by atoms with E-state index in [0.29, 0.717) is 5.13 Å². The molecule has 0 spiro atoms. The van der Waals surface area contributed by atoms with Gasteiger partial charge in [0.15, 0.2) is 5.13 Å². The van der Waals surface area contributed by atoms with Gasteiger partial charge in [-0.2, -0.15) is 0 Å². The maximum absolute atomic E-state index is 12.2. The number of hydrogen-bond acceptors (Lipinski definition) is 5. The number of aromatic nitrogens is 1. The second kappa shape index (κ2) is 6.47. The van der Waals surface area contributed by atoms with E-state index >= 15 is 0 Å². The van der Waals surface area contributed by atoms with Crippen molar-refractivity contribution < 1.29 is 14.3 Å². The first-order valence-corrected chi connectivity index (χ1v) is 7.45. The Labute approximate surface area is 124 Å². The highest BCUT2D eigenvalue weighted by Crippen LogP contribution is 2.30. The minimum Gasteiger partial charge on any atom is -0.465 e. The molecular weight excluding hydrogens is 332 g/mol. The Hall–Kier alpha value is -0.950. The molecule has 1 heterocycles. The zero-order valence-electron chi connectivity index (χ0n) is 11.3. The third-order valence-corrected chi connectivity index (χ3v) is 3.75. The van der Waals surface area contributed by atoms with Crippen LogP contribution in [0.5, 0.6) is 0 Å². The molecule has 1 rings (SSSR count). The van der Waals surface area contributed by atoms with Crippen LogP contribution in [0.25, 0.3) is 0 Å². The number of ether oxygens (including phenoxy) is 1. The number of nitrogens with one attached hydrogen (secondary N) is 1. The van der Waals surface area contributed by atoms with Gasteiger partial charge < -0.3 is 10.1 Å². The van der Waals surface area contributed by atoms with Crippen LogP contribution >= 0.6 is 27.3 Å². The van der Waals surface area contributed by atoms with Crippen molar-refractivity contribution in [3.8, 4) is 0 Å². The van der Waals surface area contributed by atoms with Crippen molar-refractivity contribution in [3.05, 3.63) is 9.98 Å². The number of rotatable bonds is 4. The summed E-state index contributed by atoms with van der Waals surface area (Å²) in [4.78, 5) is 28.2. The standard InChI is InChI=1S/C12H17BrN2O3S/c1-5-18-10(17)8(12(2,3)4)9(16)15-11-14-6-7(13)19-11/h6,8H,5H2,1-4H3,(H,14,15,16). The Balaban J connectivity index is 2.86. The van der Waals surface area contributed by atoms with Crippen LogP contribution in [-0.2, 0) is 14.3 Å². The summed E-state index contributed by atoms with van der Waals surface area (Å²) in [5.41, 5.74) is -0.523. The molecule has 0 aromatic carbocycles. The van der Waals surface area contributed by atoms with Crippen LogP contribution in [0.2, 0.25) is 0 Å². The van der Waals surface area contributed by atoms with E-state index in [0.717, 1.165) is 3.79 Å². The Kier molecular flexibility index (Phi) is 5.49. The van der Waals surface area contributed by atoms with Crippen molar-refractivity contribution in [1.82, 2.24) is 4.98 Å². The predicted molar refractivity (Wildman–Crippen MR) is 78.0 cm³/mol. The predicted octanol–water partition coefficient (Wildman–Crippen LogP) is 3.07. The van der Waals surface area contributed by atoms with Gasteiger partial charge in [0.1, 0.15) is 5.92 Å². The number of halogens is 1. The molecule has 0 saturated heterocycles. The molecule has 106 valence electrons. The summed E-state index contributed by atoms with van der Waals surface area (Å²) in [5.74, 6) is -1.77. The van der Waals surface area contributed by atoms with Gasteiger partial charge in [-0.3, -0.25) is 9.59 Å². The summed E-state index contributed by atoms with van der Waals surface area (Å²) >= 11 is 4.56. The molecule has 1 aromatic rings. The molecule has 7 heteroatoms. The van der Waals surface area contributed by atoms with E-state index in [1.165, 1.54) is 11.3 Å². The molecule has 0 saturated carbocycles. The van der Waals surface area contributed by atoms with Crippen LogP contribution in [0, 0.1) is 11.3 Å². The lowest BCUT2D eigenvalue weighted by Crippen LogP contribution is -2.40. The summed E-state index contributed by atoms with van der Waals surface area (Å²) in [5, 5.41) is 3.10. The van der Waals surface area contributed by atoms with E-state index in [-0.39, 0.29) is 6.61 Å². The molecular formula is C12H17BrN2O3S. The molecule has 1 unspecified atom stereocenters. The number of anilines is 1. The van der Waals surface area contributed by atoms with Gasteiger partial charge >= 0.3 is 5.97 Å². The molecule has 0 radical (unpaired) electrons. The fourth-order valence-corrected chi connectivity index (χ4v) is 2.68. The smallest absolute Gasteiger partial charge is 0.319 e. The Bertz CT molecular complexity index is 468. The maximum Gasteiger partial charge on any atom is 0.319 e. The van der Waals surface area contributed by atoms with Crippen molar-refractivity contribution in [2.45, 2.75) is 27.7 Å². The topological polar surface area (TPSA) is 68.3 Å². The van der Waals surface area contributed by atoms with Gasteiger partial charge in [0.2, 0.25) is 5.91 Å². The first-order chi connectivity index (χ1) is 8.75. The monoisotopic (exact) mass is 348 g/mol. The van der Waals surface area contributed by atoms with E-state index in [4.69, 9.17) is 4.74 Å². The van der Waals surface area contributed by atoms with Crippen LogP contribution in [0.3, 0.4) is 0 Å². The van der Waals surface area contributed by atoms with Crippen LogP contribution in [0.1, 0.15) is 27.7 Å². The van der Waals surface area contributed by atoms with Crippen LogP contribution < -0.4 is 5.32 Å². The van der Waals surface area contributed by atoms with Gasteiger partial charge in [-0.05, 0) is 28.3 Å². The highest BCUT2D eigenvalue weighted by Gasteiger charge is 2.39. The van der Waals surface area contributed by atoms with Crippen molar-refractivity contribution in [3.63, 3.8) is 0 Å². The first-order valence-electron chi connectivity index (χ1n) is 5.84. The molecule has 0 bridgehead atoms. The zero-order valence-corrected chi connectivity index (χ0v) is 13.7. The molecule has 0 fully saturated rings. The Morgan fingerprint density at radius 1 is 1.53 bits per heavy atom. The van der Waals surface area contributed by atoms with E-state index in [1.54, 1.807) is 13.1 Å². The van der Waals surface area contributed by atoms with Crippen LogP contribution in [0.15, 0.2) is 9.98 Å². The number of amides is 1. The normalized spacial score (nSPS) is 12.9. The van der Waals surface area contributed by atoms with E-state index < -0.39 is 23.2 Å². The molecule has 0 aliphatic rings. The van der Waals surface area contributed by atoms with Gasteiger partial charge in [0.25, 0.3) is 0 Å². The average molecular weight is 349 g/mol. The van der Waals surface area contributed by atoms with Crippen molar-refractivity contribution in [2.24, 2.45) is 11.3 Å². The van der Waals surface area contributed by atoms with Gasteiger partial charge in [0.05, 0.1) is 16.6 Å². The summed E-state index contributed by atoms with van der Waals surface area (Å²) in [7, 11) is 0. The minimum absolute atomic E-state index is 0.251. The Morgan fingerprint density at radius 3 is 2.58 bits per heavy atom. The first kappa shape index (κ1) is 16.1. The highest BCUT2D eigenvalue weighted by molar-refractivity contribution is 9.11. The van der Waals surface area contributed by atoms with Crippen LogP contribution in [-0.4, -0.2) is 23.5 Å². The number of hydrogen-bond donors (Lipinski definition) is 1. The SMILES string of the molecule is CCOC(=O)C(C(=O)Nc1ncc(Br)s1)C(C)(C)C. The highest BCUT2D eigenvalue weighted by atomic mass is 79.9. The number of carbonyl (C=O) groups is 2. The van der Waals surface area contributed by atoms with Crippen molar-refractivity contribution in [1.29, 1.82) is 0 Å². The number of esters is 1. The molecule has 1 aromatic heterocycles. The summed E-state index contributed by atoms with van der Waals surface area (Å²) in [6.45, 7) is 7.44. The van der Waals surface area contributed by atoms with Crippen LogP contribution in [0.4, 0.5) is 5.13 Å². The van der Waals surface area contributed by atoms with E-state index in [9.17, 15) is 9.59 Å². The van der Waals surface area contributed by atoms with Gasteiger partial charge in [-0.15, -0.1) is 0 Å². The molecule has 0 aliphatic heterocycles. The maximum atomic E-state index is 12.2. The summed E-state index contributed by atoms with van der Waals surface area (Å²) < 4.78 is 5.78. The second-order valence-corrected chi connectivity index (χ2v) is 7.42. The van der Waals surface area contributed by atoms with Gasteiger partial charge in [0, 0.05) is 0 Å². The van der Waals surface area contributed by atoms with E-state index in [2.05, 4.69) is 26.2 Å². The lowest BCUT2D eigenvalue weighted by atomic mass is 9.80. The second-order valence-electron chi connectivity index (χ2n) is 5.01. The lowest BCUT2D eigenvalue weighted by molar-refractivity contribution is -0.155. The number of thiazole rings is 1. The molecule has 19 heavy (non-hydrogen) atoms. The largest absolute Gasteiger partial charge is 0.465 e. The molecule has 1 atom stereocenters. The lowest BCUT2D eigenvalue weighted by Gasteiger charge is -2.27. The fourth-order valence-electron chi connectivity index (χ4n) is 1.57. The summed E-state index contributed by atoms with van der Waals surface area (Å²) in [6.07, 6.45) is 1.59. The van der Waals surface area contributed by atoms with Gasteiger partial charge in [-0.1, -0.05) is 32.1 Å². The third-order valence-electron chi connectivity index (χ3n) is 2.36. The molecule has 1 amide bonds. The fraction of sp³-hybridized carbons (Fsp3) is 0.583. The quantitative estimate of drug-likeness (QED) is 0.670. The third kappa shape index (κ3) is 4.58. The van der Waals surface area contributed by atoms with Crippen molar-refractivity contribution in [2.75, 3.05) is 11.9 Å². The van der Waals surface area contributed by atoms with E-state index in [1.807, 2.05) is 20.8 Å². The number of nitrogens with zero attached hydrogens (tertiary/aromatic N) is 1. The number of carbonyl (C=O) groups excluding carboxylic acids is 2. The average Bonchev–Trinajstić information content (AvgIpc) is 2.61. The molecule has 5 nitrogen and oxygen atoms in total. The molecule has 1 N–H and O–H groups in total.